The highest BCUT2D eigenvalue weighted by Crippen LogP contribution is 2.34. The van der Waals surface area contributed by atoms with Crippen molar-refractivity contribution >= 4 is 0 Å². The maximum Gasteiger partial charge on any atom is 0.0359 e. The van der Waals surface area contributed by atoms with E-state index < -0.39 is 0 Å². The molecule has 1 fully saturated rings. The molecule has 0 spiro atoms. The van der Waals surface area contributed by atoms with E-state index in [1.54, 1.807) is 0 Å². The molecule has 1 aliphatic carbocycles. The first-order chi connectivity index (χ1) is 6.88. The molecular formula is C12H20N2. The first-order valence-corrected chi connectivity index (χ1v) is 5.74. The minimum atomic E-state index is 0.714. The van der Waals surface area contributed by atoms with Crippen molar-refractivity contribution in [2.24, 2.45) is 5.92 Å². The lowest BCUT2D eigenvalue weighted by Crippen LogP contribution is -2.28. The van der Waals surface area contributed by atoms with Crippen LogP contribution in [0.3, 0.4) is 0 Å². The van der Waals surface area contributed by atoms with Crippen LogP contribution in [0.25, 0.3) is 0 Å². The van der Waals surface area contributed by atoms with Crippen molar-refractivity contribution in [3.8, 4) is 0 Å². The van der Waals surface area contributed by atoms with Crippen LogP contribution >= 0.6 is 0 Å². The SMILES string of the molecule is CCC(CC1CC1)NCc1ccc[nH]1. The highest BCUT2D eigenvalue weighted by atomic mass is 14.9. The average molecular weight is 192 g/mol. The lowest BCUT2D eigenvalue weighted by molar-refractivity contribution is 0.442. The second-order valence-electron chi connectivity index (χ2n) is 4.36. The molecule has 1 aromatic rings. The summed E-state index contributed by atoms with van der Waals surface area (Å²) in [4.78, 5) is 3.22. The third-order valence-electron chi connectivity index (χ3n) is 3.05. The van der Waals surface area contributed by atoms with E-state index in [1.807, 2.05) is 6.20 Å². The predicted molar refractivity (Wildman–Crippen MR) is 59.1 cm³/mol. The van der Waals surface area contributed by atoms with Crippen molar-refractivity contribution in [2.75, 3.05) is 0 Å². The van der Waals surface area contributed by atoms with E-state index in [0.29, 0.717) is 6.04 Å². The molecule has 2 N–H and O–H groups in total. The fourth-order valence-corrected chi connectivity index (χ4v) is 1.88. The molecule has 1 saturated carbocycles. The van der Waals surface area contributed by atoms with Crippen LogP contribution in [0.1, 0.15) is 38.3 Å². The van der Waals surface area contributed by atoms with E-state index in [2.05, 4.69) is 29.4 Å². The van der Waals surface area contributed by atoms with Crippen LogP contribution in [0.5, 0.6) is 0 Å². The van der Waals surface area contributed by atoms with Crippen molar-refractivity contribution in [1.29, 1.82) is 0 Å². The third kappa shape index (κ3) is 2.88. The second-order valence-corrected chi connectivity index (χ2v) is 4.36. The van der Waals surface area contributed by atoms with E-state index in [9.17, 15) is 0 Å². The lowest BCUT2D eigenvalue weighted by Gasteiger charge is -2.15. The number of H-pyrrole nitrogens is 1. The van der Waals surface area contributed by atoms with Gasteiger partial charge in [0, 0.05) is 24.5 Å². The largest absolute Gasteiger partial charge is 0.364 e. The zero-order valence-corrected chi connectivity index (χ0v) is 8.92. The molecule has 1 atom stereocenters. The highest BCUT2D eigenvalue weighted by Gasteiger charge is 2.24. The molecule has 2 heteroatoms. The Labute approximate surface area is 86.1 Å². The normalized spacial score (nSPS) is 18.4. The topological polar surface area (TPSA) is 27.8 Å². The Morgan fingerprint density at radius 3 is 3.00 bits per heavy atom. The molecule has 0 aliphatic heterocycles. The van der Waals surface area contributed by atoms with Crippen LogP contribution < -0.4 is 5.32 Å². The number of nitrogens with one attached hydrogen (secondary N) is 2. The van der Waals surface area contributed by atoms with Gasteiger partial charge in [0.05, 0.1) is 0 Å². The molecule has 0 saturated heterocycles. The molecule has 1 unspecified atom stereocenters. The molecule has 0 amide bonds. The summed E-state index contributed by atoms with van der Waals surface area (Å²) in [5.74, 6) is 1.02. The number of hydrogen-bond acceptors (Lipinski definition) is 1. The van der Waals surface area contributed by atoms with Gasteiger partial charge in [-0.2, -0.15) is 0 Å². The van der Waals surface area contributed by atoms with Gasteiger partial charge in [-0.25, -0.2) is 0 Å². The van der Waals surface area contributed by atoms with Crippen LogP contribution in [0.15, 0.2) is 18.3 Å². The van der Waals surface area contributed by atoms with Crippen molar-refractivity contribution in [2.45, 2.75) is 45.2 Å². The van der Waals surface area contributed by atoms with E-state index in [-0.39, 0.29) is 0 Å². The molecule has 1 heterocycles. The third-order valence-corrected chi connectivity index (χ3v) is 3.05. The Balaban J connectivity index is 1.71. The van der Waals surface area contributed by atoms with E-state index in [0.717, 1.165) is 12.5 Å². The Morgan fingerprint density at radius 2 is 2.43 bits per heavy atom. The number of hydrogen-bond donors (Lipinski definition) is 2. The van der Waals surface area contributed by atoms with Crippen LogP contribution in [-0.2, 0) is 6.54 Å². The molecule has 2 rings (SSSR count). The molecule has 0 aromatic carbocycles. The molecule has 78 valence electrons. The average Bonchev–Trinajstić information content (AvgIpc) is 2.86. The maximum absolute atomic E-state index is 3.61. The number of aromatic amines is 1. The minimum Gasteiger partial charge on any atom is -0.364 e. The molecule has 14 heavy (non-hydrogen) atoms. The molecule has 2 nitrogen and oxygen atoms in total. The van der Waals surface area contributed by atoms with Gasteiger partial charge in [0.25, 0.3) is 0 Å². The van der Waals surface area contributed by atoms with Gasteiger partial charge in [-0.15, -0.1) is 0 Å². The van der Waals surface area contributed by atoms with Gasteiger partial charge in [0.15, 0.2) is 0 Å². The van der Waals surface area contributed by atoms with Crippen LogP contribution in [0.4, 0.5) is 0 Å². The van der Waals surface area contributed by atoms with Crippen molar-refractivity contribution in [3.05, 3.63) is 24.0 Å². The summed E-state index contributed by atoms with van der Waals surface area (Å²) in [6.45, 7) is 3.26. The van der Waals surface area contributed by atoms with E-state index >= 15 is 0 Å². The minimum absolute atomic E-state index is 0.714. The Kier molecular flexibility index (Phi) is 3.25. The lowest BCUT2D eigenvalue weighted by atomic mass is 10.1. The summed E-state index contributed by atoms with van der Waals surface area (Å²) in [6, 6.07) is 4.90. The Morgan fingerprint density at radius 1 is 1.57 bits per heavy atom. The van der Waals surface area contributed by atoms with Gasteiger partial charge in [-0.3, -0.25) is 0 Å². The molecular weight excluding hydrogens is 172 g/mol. The Hall–Kier alpha value is -0.760. The zero-order chi connectivity index (χ0) is 9.80. The van der Waals surface area contributed by atoms with Gasteiger partial charge in [0.1, 0.15) is 0 Å². The number of rotatable bonds is 6. The van der Waals surface area contributed by atoms with Crippen molar-refractivity contribution in [1.82, 2.24) is 10.3 Å². The van der Waals surface area contributed by atoms with Crippen molar-refractivity contribution < 1.29 is 0 Å². The second kappa shape index (κ2) is 4.65. The maximum atomic E-state index is 3.61. The fourth-order valence-electron chi connectivity index (χ4n) is 1.88. The smallest absolute Gasteiger partial charge is 0.0359 e. The van der Waals surface area contributed by atoms with Gasteiger partial charge < -0.3 is 10.3 Å². The van der Waals surface area contributed by atoms with Gasteiger partial charge in [-0.05, 0) is 30.9 Å². The summed E-state index contributed by atoms with van der Waals surface area (Å²) in [6.07, 6.45) is 7.52. The standard InChI is InChI=1S/C12H20N2/c1-2-11(8-10-5-6-10)14-9-12-4-3-7-13-12/h3-4,7,10-11,13-14H,2,5-6,8-9H2,1H3. The summed E-state index contributed by atoms with van der Waals surface area (Å²) in [5, 5.41) is 3.61. The first-order valence-electron chi connectivity index (χ1n) is 5.74. The summed E-state index contributed by atoms with van der Waals surface area (Å²) < 4.78 is 0. The summed E-state index contributed by atoms with van der Waals surface area (Å²) >= 11 is 0. The quantitative estimate of drug-likeness (QED) is 0.712. The van der Waals surface area contributed by atoms with Gasteiger partial charge >= 0.3 is 0 Å². The molecule has 0 bridgehead atoms. The summed E-state index contributed by atoms with van der Waals surface area (Å²) in [7, 11) is 0. The van der Waals surface area contributed by atoms with Gasteiger partial charge in [-0.1, -0.05) is 19.8 Å². The van der Waals surface area contributed by atoms with Crippen LogP contribution in [-0.4, -0.2) is 11.0 Å². The monoisotopic (exact) mass is 192 g/mol. The van der Waals surface area contributed by atoms with Gasteiger partial charge in [0.2, 0.25) is 0 Å². The predicted octanol–water partition coefficient (Wildman–Crippen LogP) is 2.68. The molecule has 1 aromatic heterocycles. The first kappa shape index (κ1) is 9.78. The fraction of sp³-hybridized carbons (Fsp3) is 0.667. The van der Waals surface area contributed by atoms with Crippen molar-refractivity contribution in [3.63, 3.8) is 0 Å². The molecule has 0 radical (unpaired) electrons. The van der Waals surface area contributed by atoms with Crippen LogP contribution in [0.2, 0.25) is 0 Å². The Bertz CT molecular complexity index is 249. The number of aromatic nitrogens is 1. The zero-order valence-electron chi connectivity index (χ0n) is 8.92. The van der Waals surface area contributed by atoms with E-state index in [4.69, 9.17) is 0 Å². The summed E-state index contributed by atoms with van der Waals surface area (Å²) in [5.41, 5.74) is 1.29. The highest BCUT2D eigenvalue weighted by molar-refractivity contribution is 5.03. The van der Waals surface area contributed by atoms with Crippen LogP contribution in [0, 0.1) is 5.92 Å². The van der Waals surface area contributed by atoms with E-state index in [1.165, 1.54) is 31.4 Å². The molecule has 1 aliphatic rings.